The standard InChI is InChI=1S/C13H16N4O2/c1-4-11-8(2)15-16(9(11)3)10-5-6-13(17(18)19)12(14)7-10/h5-7H,4,14H2,1-3H3. The number of hydrogen-bond acceptors (Lipinski definition) is 4. The van der Waals surface area contributed by atoms with Crippen LogP contribution in [-0.2, 0) is 6.42 Å². The third-order valence-corrected chi connectivity index (χ3v) is 3.25. The van der Waals surface area contributed by atoms with E-state index in [-0.39, 0.29) is 11.4 Å². The van der Waals surface area contributed by atoms with Crippen LogP contribution in [0.3, 0.4) is 0 Å². The summed E-state index contributed by atoms with van der Waals surface area (Å²) in [6, 6.07) is 4.65. The van der Waals surface area contributed by atoms with Crippen molar-refractivity contribution >= 4 is 11.4 Å². The second kappa shape index (κ2) is 4.72. The summed E-state index contributed by atoms with van der Waals surface area (Å²) < 4.78 is 1.77. The van der Waals surface area contributed by atoms with Gasteiger partial charge in [0.25, 0.3) is 5.69 Å². The van der Waals surface area contributed by atoms with Crippen LogP contribution >= 0.6 is 0 Å². The molecule has 0 saturated heterocycles. The number of nitrogens with zero attached hydrogens (tertiary/aromatic N) is 3. The smallest absolute Gasteiger partial charge is 0.292 e. The van der Waals surface area contributed by atoms with Crippen molar-refractivity contribution in [3.63, 3.8) is 0 Å². The third-order valence-electron chi connectivity index (χ3n) is 3.25. The number of nitrogen functional groups attached to an aromatic ring is 1. The number of aromatic nitrogens is 2. The number of nitro benzene ring substituents is 1. The topological polar surface area (TPSA) is 87.0 Å². The summed E-state index contributed by atoms with van der Waals surface area (Å²) in [6.45, 7) is 6.01. The minimum Gasteiger partial charge on any atom is -0.393 e. The van der Waals surface area contributed by atoms with E-state index in [0.717, 1.165) is 23.5 Å². The zero-order chi connectivity index (χ0) is 14.2. The molecule has 6 nitrogen and oxygen atoms in total. The van der Waals surface area contributed by atoms with E-state index < -0.39 is 4.92 Å². The maximum absolute atomic E-state index is 10.7. The summed E-state index contributed by atoms with van der Waals surface area (Å²) in [7, 11) is 0. The molecule has 19 heavy (non-hydrogen) atoms. The second-order valence-corrected chi connectivity index (χ2v) is 4.41. The van der Waals surface area contributed by atoms with E-state index in [4.69, 9.17) is 5.73 Å². The maximum atomic E-state index is 10.7. The van der Waals surface area contributed by atoms with E-state index in [1.807, 2.05) is 13.8 Å². The van der Waals surface area contributed by atoms with Crippen molar-refractivity contribution < 1.29 is 4.92 Å². The van der Waals surface area contributed by atoms with Gasteiger partial charge >= 0.3 is 0 Å². The van der Waals surface area contributed by atoms with E-state index in [0.29, 0.717) is 0 Å². The van der Waals surface area contributed by atoms with Crippen molar-refractivity contribution in [3.05, 3.63) is 45.3 Å². The van der Waals surface area contributed by atoms with Gasteiger partial charge in [0, 0.05) is 11.8 Å². The molecular weight excluding hydrogens is 244 g/mol. The van der Waals surface area contributed by atoms with Crippen LogP contribution in [0.2, 0.25) is 0 Å². The van der Waals surface area contributed by atoms with Gasteiger partial charge < -0.3 is 5.73 Å². The van der Waals surface area contributed by atoms with Gasteiger partial charge in [-0.05, 0) is 38.0 Å². The molecule has 0 bridgehead atoms. The van der Waals surface area contributed by atoms with Crippen molar-refractivity contribution in [2.24, 2.45) is 0 Å². The first kappa shape index (κ1) is 13.1. The zero-order valence-electron chi connectivity index (χ0n) is 11.2. The fourth-order valence-corrected chi connectivity index (χ4v) is 2.28. The van der Waals surface area contributed by atoms with Crippen molar-refractivity contribution in [3.8, 4) is 5.69 Å². The molecule has 0 spiro atoms. The highest BCUT2D eigenvalue weighted by Gasteiger charge is 2.15. The van der Waals surface area contributed by atoms with Gasteiger partial charge in [-0.3, -0.25) is 10.1 Å². The van der Waals surface area contributed by atoms with Gasteiger partial charge in [-0.15, -0.1) is 0 Å². The number of nitrogens with two attached hydrogens (primary N) is 1. The molecule has 0 aliphatic rings. The lowest BCUT2D eigenvalue weighted by molar-refractivity contribution is -0.383. The normalized spacial score (nSPS) is 10.7. The number of hydrogen-bond donors (Lipinski definition) is 1. The molecule has 0 saturated carbocycles. The Labute approximate surface area is 111 Å². The van der Waals surface area contributed by atoms with Gasteiger partial charge in [-0.1, -0.05) is 6.92 Å². The van der Waals surface area contributed by atoms with Crippen molar-refractivity contribution in [2.75, 3.05) is 5.73 Å². The monoisotopic (exact) mass is 260 g/mol. The number of nitro groups is 1. The highest BCUT2D eigenvalue weighted by atomic mass is 16.6. The van der Waals surface area contributed by atoms with Gasteiger partial charge in [-0.2, -0.15) is 5.10 Å². The maximum Gasteiger partial charge on any atom is 0.292 e. The Kier molecular flexibility index (Phi) is 3.25. The van der Waals surface area contributed by atoms with Crippen molar-refractivity contribution in [1.29, 1.82) is 0 Å². The molecule has 0 radical (unpaired) electrons. The van der Waals surface area contributed by atoms with Crippen LogP contribution in [0.15, 0.2) is 18.2 Å². The lowest BCUT2D eigenvalue weighted by Crippen LogP contribution is -2.02. The number of rotatable bonds is 3. The average molecular weight is 260 g/mol. The highest BCUT2D eigenvalue weighted by molar-refractivity contribution is 5.62. The molecule has 1 aromatic heterocycles. The Morgan fingerprint density at radius 3 is 2.58 bits per heavy atom. The van der Waals surface area contributed by atoms with Crippen LogP contribution in [0, 0.1) is 24.0 Å². The quantitative estimate of drug-likeness (QED) is 0.522. The van der Waals surface area contributed by atoms with E-state index >= 15 is 0 Å². The van der Waals surface area contributed by atoms with Crippen LogP contribution < -0.4 is 5.73 Å². The Morgan fingerprint density at radius 1 is 1.42 bits per heavy atom. The van der Waals surface area contributed by atoms with Crippen molar-refractivity contribution in [2.45, 2.75) is 27.2 Å². The first-order chi connectivity index (χ1) is 8.95. The van der Waals surface area contributed by atoms with E-state index in [1.165, 1.54) is 11.6 Å². The van der Waals surface area contributed by atoms with Crippen LogP contribution in [0.5, 0.6) is 0 Å². The van der Waals surface area contributed by atoms with Crippen molar-refractivity contribution in [1.82, 2.24) is 9.78 Å². The number of anilines is 1. The van der Waals surface area contributed by atoms with Crippen LogP contribution in [0.1, 0.15) is 23.9 Å². The molecule has 2 rings (SSSR count). The third kappa shape index (κ3) is 2.16. The molecule has 1 aromatic carbocycles. The van der Waals surface area contributed by atoms with E-state index in [1.54, 1.807) is 16.8 Å². The number of benzene rings is 1. The van der Waals surface area contributed by atoms with E-state index in [9.17, 15) is 10.1 Å². The summed E-state index contributed by atoms with van der Waals surface area (Å²) in [5, 5.41) is 15.2. The predicted molar refractivity (Wildman–Crippen MR) is 73.5 cm³/mol. The molecule has 6 heteroatoms. The molecule has 0 aliphatic heterocycles. The SMILES string of the molecule is CCc1c(C)nn(-c2ccc([N+](=O)[O-])c(N)c2)c1C. The molecule has 0 unspecified atom stereocenters. The summed E-state index contributed by atoms with van der Waals surface area (Å²) in [4.78, 5) is 10.3. The Bertz CT molecular complexity index is 646. The molecule has 0 fully saturated rings. The lowest BCUT2D eigenvalue weighted by Gasteiger charge is -2.06. The van der Waals surface area contributed by atoms with Crippen LogP contribution in [0.4, 0.5) is 11.4 Å². The fraction of sp³-hybridized carbons (Fsp3) is 0.308. The van der Waals surface area contributed by atoms with Gasteiger partial charge in [0.05, 0.1) is 16.3 Å². The second-order valence-electron chi connectivity index (χ2n) is 4.41. The minimum atomic E-state index is -0.488. The van der Waals surface area contributed by atoms with E-state index in [2.05, 4.69) is 12.0 Å². The van der Waals surface area contributed by atoms with Gasteiger partial charge in [0.2, 0.25) is 0 Å². The lowest BCUT2D eigenvalue weighted by atomic mass is 10.1. The molecule has 100 valence electrons. The van der Waals surface area contributed by atoms with Gasteiger partial charge in [-0.25, -0.2) is 4.68 Å². The molecule has 1 heterocycles. The minimum absolute atomic E-state index is 0.0824. The fourth-order valence-electron chi connectivity index (χ4n) is 2.28. The van der Waals surface area contributed by atoms with Gasteiger partial charge in [0.1, 0.15) is 5.69 Å². The summed E-state index contributed by atoms with van der Waals surface area (Å²) in [5.74, 6) is 0. The Morgan fingerprint density at radius 2 is 2.11 bits per heavy atom. The molecular formula is C13H16N4O2. The summed E-state index contributed by atoms with van der Waals surface area (Å²) in [6.07, 6.45) is 0.903. The molecule has 2 N–H and O–H groups in total. The Balaban J connectivity index is 2.54. The highest BCUT2D eigenvalue weighted by Crippen LogP contribution is 2.25. The van der Waals surface area contributed by atoms with Crippen LogP contribution in [0.25, 0.3) is 5.69 Å². The zero-order valence-corrected chi connectivity index (χ0v) is 11.2. The van der Waals surface area contributed by atoms with Gasteiger partial charge in [0.15, 0.2) is 0 Å². The number of aryl methyl sites for hydroxylation is 1. The molecule has 0 atom stereocenters. The largest absolute Gasteiger partial charge is 0.393 e. The molecule has 0 amide bonds. The summed E-state index contributed by atoms with van der Waals surface area (Å²) in [5.41, 5.74) is 9.70. The van der Waals surface area contributed by atoms with Crippen LogP contribution in [-0.4, -0.2) is 14.7 Å². The molecule has 2 aromatic rings. The average Bonchev–Trinajstić information content (AvgIpc) is 2.63. The predicted octanol–water partition coefficient (Wildman–Crippen LogP) is 2.54. The first-order valence-electron chi connectivity index (χ1n) is 6.05. The molecule has 0 aliphatic carbocycles. The first-order valence-corrected chi connectivity index (χ1v) is 6.05. The Hall–Kier alpha value is -2.37. The summed E-state index contributed by atoms with van der Waals surface area (Å²) >= 11 is 0.